The van der Waals surface area contributed by atoms with Gasteiger partial charge in [-0.3, -0.25) is 4.79 Å². The van der Waals surface area contributed by atoms with E-state index in [-0.39, 0.29) is 11.8 Å². The third-order valence-corrected chi connectivity index (χ3v) is 6.82. The van der Waals surface area contributed by atoms with E-state index in [1.807, 2.05) is 43.0 Å². The first kappa shape index (κ1) is 24.4. The van der Waals surface area contributed by atoms with Crippen LogP contribution < -0.4 is 10.2 Å². The Hall–Kier alpha value is -3.70. The molecular formula is C27H32N6O2. The molecule has 1 aromatic heterocycles. The van der Waals surface area contributed by atoms with E-state index >= 15 is 0 Å². The molecule has 0 radical (unpaired) electrons. The molecule has 1 unspecified atom stereocenters. The number of piperazine rings is 1. The second kappa shape index (κ2) is 11.2. The zero-order valence-electron chi connectivity index (χ0n) is 20.6. The van der Waals surface area contributed by atoms with Crippen LogP contribution in [0.2, 0.25) is 0 Å². The highest BCUT2D eigenvalue weighted by Crippen LogP contribution is 2.28. The average molecular weight is 473 g/mol. The van der Waals surface area contributed by atoms with Crippen LogP contribution in [0.5, 0.6) is 0 Å². The number of methoxy groups -OCH3 is 1. The summed E-state index contributed by atoms with van der Waals surface area (Å²) in [4.78, 5) is 17.1. The Morgan fingerprint density at radius 1 is 1.23 bits per heavy atom. The molecule has 1 fully saturated rings. The number of benzene rings is 2. The topological polar surface area (TPSA) is 94.4 Å². The maximum absolute atomic E-state index is 12.8. The van der Waals surface area contributed by atoms with Crippen LogP contribution in [-0.2, 0) is 16.1 Å². The maximum Gasteiger partial charge on any atom is 0.228 e. The van der Waals surface area contributed by atoms with Crippen molar-refractivity contribution < 1.29 is 9.53 Å². The van der Waals surface area contributed by atoms with Crippen molar-refractivity contribution in [3.8, 4) is 6.07 Å². The van der Waals surface area contributed by atoms with Crippen LogP contribution in [-0.4, -0.2) is 60.9 Å². The van der Waals surface area contributed by atoms with Gasteiger partial charge in [0.05, 0.1) is 41.6 Å². The molecule has 0 bridgehead atoms. The van der Waals surface area contributed by atoms with Crippen molar-refractivity contribution in [2.45, 2.75) is 26.8 Å². The van der Waals surface area contributed by atoms with E-state index in [0.29, 0.717) is 31.8 Å². The number of aromatic nitrogens is 2. The molecule has 8 heteroatoms. The Balaban J connectivity index is 1.48. The number of nitrogens with zero attached hydrogens (tertiary/aromatic N) is 5. The Bertz CT molecular complexity index is 1230. The zero-order chi connectivity index (χ0) is 24.8. The molecule has 1 saturated heterocycles. The van der Waals surface area contributed by atoms with E-state index in [2.05, 4.69) is 38.6 Å². The van der Waals surface area contributed by atoms with E-state index in [4.69, 9.17) is 4.74 Å². The highest BCUT2D eigenvalue weighted by molar-refractivity contribution is 5.93. The number of nitrogens with one attached hydrogen (secondary N) is 1. The first-order valence-electron chi connectivity index (χ1n) is 12.1. The van der Waals surface area contributed by atoms with Gasteiger partial charge in [0, 0.05) is 50.9 Å². The number of rotatable bonds is 8. The molecule has 2 aromatic carbocycles. The molecule has 2 heterocycles. The molecule has 0 aliphatic carbocycles. The predicted molar refractivity (Wildman–Crippen MR) is 137 cm³/mol. The van der Waals surface area contributed by atoms with Gasteiger partial charge in [-0.25, -0.2) is 0 Å². The summed E-state index contributed by atoms with van der Waals surface area (Å²) >= 11 is 0. The number of amides is 1. The van der Waals surface area contributed by atoms with Crippen molar-refractivity contribution >= 4 is 28.2 Å². The summed E-state index contributed by atoms with van der Waals surface area (Å²) in [6.07, 6.45) is 2.53. The van der Waals surface area contributed by atoms with E-state index in [9.17, 15) is 10.1 Å². The Morgan fingerprint density at radius 3 is 2.74 bits per heavy atom. The molecule has 35 heavy (non-hydrogen) atoms. The van der Waals surface area contributed by atoms with Gasteiger partial charge in [0.2, 0.25) is 5.91 Å². The molecule has 1 atom stereocenters. The van der Waals surface area contributed by atoms with E-state index in [1.165, 1.54) is 0 Å². The number of hydrogen-bond donors (Lipinski definition) is 1. The Kier molecular flexibility index (Phi) is 7.78. The van der Waals surface area contributed by atoms with E-state index in [0.717, 1.165) is 52.9 Å². The van der Waals surface area contributed by atoms with E-state index < -0.39 is 0 Å². The van der Waals surface area contributed by atoms with Gasteiger partial charge in [-0.15, -0.1) is 0 Å². The summed E-state index contributed by atoms with van der Waals surface area (Å²) in [6, 6.07) is 14.2. The lowest BCUT2D eigenvalue weighted by atomic mass is 10.0. The van der Waals surface area contributed by atoms with Gasteiger partial charge in [-0.05, 0) is 48.7 Å². The largest absolute Gasteiger partial charge is 0.384 e. The fourth-order valence-corrected chi connectivity index (χ4v) is 4.58. The molecule has 0 saturated carbocycles. The quantitative estimate of drug-likeness (QED) is 0.534. The van der Waals surface area contributed by atoms with Crippen molar-refractivity contribution in [2.75, 3.05) is 50.1 Å². The third kappa shape index (κ3) is 5.36. The fourth-order valence-electron chi connectivity index (χ4n) is 4.58. The van der Waals surface area contributed by atoms with Gasteiger partial charge in [-0.2, -0.15) is 15.5 Å². The average Bonchev–Trinajstić information content (AvgIpc) is 2.90. The third-order valence-electron chi connectivity index (χ3n) is 6.82. The highest BCUT2D eigenvalue weighted by atomic mass is 16.5. The molecule has 8 nitrogen and oxygen atoms in total. The molecule has 1 amide bonds. The lowest BCUT2D eigenvalue weighted by Crippen LogP contribution is -2.50. The fraction of sp³-hybridized carbons (Fsp3) is 0.407. The first-order chi connectivity index (χ1) is 17.0. The number of anilines is 2. The Labute approximate surface area is 206 Å². The highest BCUT2D eigenvalue weighted by Gasteiger charge is 2.26. The van der Waals surface area contributed by atoms with Crippen molar-refractivity contribution in [2.24, 2.45) is 5.92 Å². The molecular weight excluding hydrogens is 440 g/mol. The zero-order valence-corrected chi connectivity index (χ0v) is 20.6. The molecule has 4 rings (SSSR count). The number of ether oxygens (including phenoxy) is 1. The number of fused-ring (bicyclic) bond motifs is 1. The second-order valence-electron chi connectivity index (χ2n) is 8.89. The summed E-state index contributed by atoms with van der Waals surface area (Å²) in [5.74, 6) is 0.113. The minimum atomic E-state index is -0.0723. The van der Waals surface area contributed by atoms with Crippen LogP contribution >= 0.6 is 0 Å². The molecule has 182 valence electrons. The summed E-state index contributed by atoms with van der Waals surface area (Å²) in [5, 5.41) is 22.2. The van der Waals surface area contributed by atoms with Crippen LogP contribution in [0.25, 0.3) is 10.9 Å². The van der Waals surface area contributed by atoms with Crippen molar-refractivity contribution in [1.29, 1.82) is 5.26 Å². The van der Waals surface area contributed by atoms with Crippen LogP contribution in [0.15, 0.2) is 42.6 Å². The first-order valence-corrected chi connectivity index (χ1v) is 12.1. The van der Waals surface area contributed by atoms with Crippen molar-refractivity contribution in [3.63, 3.8) is 0 Å². The van der Waals surface area contributed by atoms with Gasteiger partial charge in [0.15, 0.2) is 0 Å². The smallest absolute Gasteiger partial charge is 0.228 e. The predicted octanol–water partition coefficient (Wildman–Crippen LogP) is 3.74. The van der Waals surface area contributed by atoms with Gasteiger partial charge < -0.3 is 19.9 Å². The van der Waals surface area contributed by atoms with Crippen molar-refractivity contribution in [3.05, 3.63) is 59.3 Å². The lowest BCUT2D eigenvalue weighted by molar-refractivity contribution is -0.137. The SMILES string of the molecule is CCC(COC)C(=O)N1CCN(c2ccc3nncc(NCc4cccc(C#N)c4C)c3c2)CC1. The van der Waals surface area contributed by atoms with Crippen LogP contribution in [0.1, 0.15) is 30.0 Å². The summed E-state index contributed by atoms with van der Waals surface area (Å²) < 4.78 is 5.23. The number of carbonyl (C=O) groups is 1. The second-order valence-corrected chi connectivity index (χ2v) is 8.89. The van der Waals surface area contributed by atoms with Gasteiger partial charge in [0.25, 0.3) is 0 Å². The molecule has 0 spiro atoms. The standard InChI is InChI=1S/C27H32N6O2/c1-4-20(18-35-3)27(34)33-12-10-32(11-13-33)23-8-9-25-24(14-23)26(17-30-31-25)29-16-22-7-5-6-21(15-28)19(22)2/h5-9,14,17,20H,4,10-13,16,18H2,1-3H3,(H,29,31). The minimum Gasteiger partial charge on any atom is -0.384 e. The molecule has 3 aromatic rings. The van der Waals surface area contributed by atoms with Gasteiger partial charge in [0.1, 0.15) is 0 Å². The van der Waals surface area contributed by atoms with Crippen LogP contribution in [0.3, 0.4) is 0 Å². The number of hydrogen-bond acceptors (Lipinski definition) is 7. The van der Waals surface area contributed by atoms with Gasteiger partial charge >= 0.3 is 0 Å². The summed E-state index contributed by atoms with van der Waals surface area (Å²) in [5.41, 5.74) is 5.57. The molecule has 1 aliphatic heterocycles. The van der Waals surface area contributed by atoms with Gasteiger partial charge in [-0.1, -0.05) is 19.1 Å². The van der Waals surface area contributed by atoms with Crippen LogP contribution in [0, 0.1) is 24.2 Å². The summed E-state index contributed by atoms with van der Waals surface area (Å²) in [7, 11) is 1.64. The normalized spacial score (nSPS) is 14.6. The number of carbonyl (C=O) groups excluding carboxylic acids is 1. The minimum absolute atomic E-state index is 0.0723. The van der Waals surface area contributed by atoms with Crippen LogP contribution in [0.4, 0.5) is 11.4 Å². The monoisotopic (exact) mass is 472 g/mol. The maximum atomic E-state index is 12.8. The number of nitriles is 1. The lowest BCUT2D eigenvalue weighted by Gasteiger charge is -2.37. The molecule has 1 N–H and O–H groups in total. The van der Waals surface area contributed by atoms with Crippen molar-refractivity contribution in [1.82, 2.24) is 15.1 Å². The van der Waals surface area contributed by atoms with E-state index in [1.54, 1.807) is 13.3 Å². The summed E-state index contributed by atoms with van der Waals surface area (Å²) in [6.45, 7) is 8.02. The molecule has 1 aliphatic rings. The Morgan fingerprint density at radius 2 is 2.03 bits per heavy atom.